The number of anilines is 2. The summed E-state index contributed by atoms with van der Waals surface area (Å²) in [5.41, 5.74) is 5.12. The molecular weight excluding hydrogens is 801 g/mol. The fourth-order valence-electron chi connectivity index (χ4n) is 11.3. The van der Waals surface area contributed by atoms with Gasteiger partial charge in [-0.25, -0.2) is 29.9 Å². The number of carbonyl (C=O) groups is 2. The SMILES string of the molecule is CC(C)C(Nc1ncccn1)C(=O)N1CC2CCC1(c1ncc(-c3ccc4cc(-c5ccc6nc(C78CCC(CN7C(=O)C(Nc7ncccn7)C(C)C)C8)[nH]c6c5)ccc4c3)[nH]1)C2. The number of hydrogen-bond acceptors (Lipinski definition) is 10. The standard InChI is InChI=1S/C50H54N12O2/c1-29(2)41(59-47-51-17-5-18-52-47)43(63)61-27-31-13-15-49(61,24-31)45-55-26-40(58-45)37-10-9-33-21-34(7-8-35(33)22-37)36-11-12-38-39(23-36)57-46(56-38)50-16-14-32(25-50)28-62(50)44(64)42(30(3)4)60-48-53-19-6-20-54-48/h5-12,17-23,26,29-32,41-42H,13-16,24-25,27-28H2,1-4H3,(H,55,58)(H,56,57)(H,51,52,59)(H,53,54,60). The number of amides is 2. The van der Waals surface area contributed by atoms with E-state index in [2.05, 4.69) is 133 Å². The average Bonchev–Trinajstić information content (AvgIpc) is 4.19. The van der Waals surface area contributed by atoms with Gasteiger partial charge in [0.15, 0.2) is 0 Å². The second kappa shape index (κ2) is 15.5. The Morgan fingerprint density at radius 1 is 0.641 bits per heavy atom. The van der Waals surface area contributed by atoms with E-state index in [0.717, 1.165) is 107 Å². The zero-order chi connectivity index (χ0) is 43.7. The summed E-state index contributed by atoms with van der Waals surface area (Å²) in [6, 6.07) is 22.2. The van der Waals surface area contributed by atoms with E-state index in [1.165, 1.54) is 0 Å². The molecule has 14 nitrogen and oxygen atoms in total. The molecule has 11 rings (SSSR count). The number of imidazole rings is 2. The van der Waals surface area contributed by atoms with Crippen molar-refractivity contribution in [1.29, 1.82) is 0 Å². The maximum absolute atomic E-state index is 14.4. The molecule has 326 valence electrons. The summed E-state index contributed by atoms with van der Waals surface area (Å²) in [7, 11) is 0. The average molecular weight is 855 g/mol. The molecule has 2 aliphatic heterocycles. The number of carbonyl (C=O) groups excluding carboxylic acids is 2. The number of benzene rings is 3. The molecule has 4 bridgehead atoms. The van der Waals surface area contributed by atoms with Gasteiger partial charge in [0.1, 0.15) is 34.8 Å². The Morgan fingerprint density at radius 2 is 1.16 bits per heavy atom. The molecule has 4 fully saturated rings. The normalized spacial score (nSPS) is 23.5. The molecule has 2 saturated heterocycles. The van der Waals surface area contributed by atoms with Gasteiger partial charge in [-0.3, -0.25) is 9.59 Å². The van der Waals surface area contributed by atoms with E-state index in [9.17, 15) is 9.59 Å². The lowest BCUT2D eigenvalue weighted by molar-refractivity contribution is -0.139. The minimum atomic E-state index is -0.469. The topological polar surface area (TPSA) is 174 Å². The minimum Gasteiger partial charge on any atom is -0.342 e. The predicted octanol–water partition coefficient (Wildman–Crippen LogP) is 8.30. The Morgan fingerprint density at radius 3 is 1.72 bits per heavy atom. The Labute approximate surface area is 372 Å². The first-order valence-electron chi connectivity index (χ1n) is 22.9. The second-order valence-electron chi connectivity index (χ2n) is 19.3. The summed E-state index contributed by atoms with van der Waals surface area (Å²) in [6.45, 7) is 9.70. The summed E-state index contributed by atoms with van der Waals surface area (Å²) >= 11 is 0. The molecule has 2 saturated carbocycles. The van der Waals surface area contributed by atoms with Crippen LogP contribution in [0.15, 0.2) is 97.7 Å². The maximum Gasteiger partial charge on any atom is 0.246 e. The summed E-state index contributed by atoms with van der Waals surface area (Å²) < 4.78 is 0. The van der Waals surface area contributed by atoms with Crippen molar-refractivity contribution < 1.29 is 9.59 Å². The van der Waals surface area contributed by atoms with Crippen LogP contribution in [-0.2, 0) is 20.7 Å². The van der Waals surface area contributed by atoms with Gasteiger partial charge in [-0.05, 0) is 120 Å². The molecule has 14 heteroatoms. The van der Waals surface area contributed by atoms with Crippen molar-refractivity contribution in [2.24, 2.45) is 23.7 Å². The molecule has 3 aromatic carbocycles. The molecule has 2 amide bonds. The lowest BCUT2D eigenvalue weighted by Crippen LogP contribution is -2.53. The Bertz CT molecular complexity index is 2880. The molecule has 6 unspecified atom stereocenters. The number of hydrogen-bond donors (Lipinski definition) is 4. The van der Waals surface area contributed by atoms with Gasteiger partial charge in [-0.15, -0.1) is 0 Å². The van der Waals surface area contributed by atoms with Crippen LogP contribution in [0.3, 0.4) is 0 Å². The number of rotatable bonds is 12. The highest BCUT2D eigenvalue weighted by atomic mass is 16.2. The van der Waals surface area contributed by atoms with Crippen molar-refractivity contribution >= 4 is 45.5 Å². The van der Waals surface area contributed by atoms with Crippen LogP contribution in [0.2, 0.25) is 0 Å². The quantitative estimate of drug-likeness (QED) is 0.0937. The molecule has 6 heterocycles. The molecule has 0 spiro atoms. The monoisotopic (exact) mass is 854 g/mol. The van der Waals surface area contributed by atoms with Crippen molar-refractivity contribution in [2.75, 3.05) is 23.7 Å². The molecule has 4 aromatic heterocycles. The number of likely N-dealkylation sites (tertiary alicyclic amines) is 2. The van der Waals surface area contributed by atoms with Crippen molar-refractivity contribution in [3.63, 3.8) is 0 Å². The third-order valence-corrected chi connectivity index (χ3v) is 14.6. The van der Waals surface area contributed by atoms with Crippen LogP contribution in [0.5, 0.6) is 0 Å². The van der Waals surface area contributed by atoms with Gasteiger partial charge in [0, 0.05) is 43.4 Å². The lowest BCUT2D eigenvalue weighted by Gasteiger charge is -2.40. The van der Waals surface area contributed by atoms with Crippen LogP contribution >= 0.6 is 0 Å². The van der Waals surface area contributed by atoms with Crippen LogP contribution in [0.4, 0.5) is 11.9 Å². The van der Waals surface area contributed by atoms with E-state index in [1.807, 2.05) is 6.20 Å². The van der Waals surface area contributed by atoms with E-state index in [1.54, 1.807) is 36.9 Å². The highest BCUT2D eigenvalue weighted by Crippen LogP contribution is 2.54. The first-order chi connectivity index (χ1) is 31.1. The summed E-state index contributed by atoms with van der Waals surface area (Å²) in [4.78, 5) is 67.7. The van der Waals surface area contributed by atoms with Crippen LogP contribution in [0.25, 0.3) is 44.2 Å². The minimum absolute atomic E-state index is 0.0437. The third kappa shape index (κ3) is 6.76. The van der Waals surface area contributed by atoms with Crippen molar-refractivity contribution in [3.05, 3.63) is 109 Å². The number of aromatic nitrogens is 8. The zero-order valence-corrected chi connectivity index (χ0v) is 36.8. The van der Waals surface area contributed by atoms with Gasteiger partial charge in [-0.2, -0.15) is 0 Å². The molecule has 6 atom stereocenters. The predicted molar refractivity (Wildman–Crippen MR) is 247 cm³/mol. The summed E-state index contributed by atoms with van der Waals surface area (Å²) in [5, 5.41) is 8.91. The largest absolute Gasteiger partial charge is 0.342 e. The first-order valence-corrected chi connectivity index (χ1v) is 22.9. The van der Waals surface area contributed by atoms with E-state index in [0.29, 0.717) is 23.7 Å². The smallest absolute Gasteiger partial charge is 0.246 e. The van der Waals surface area contributed by atoms with Gasteiger partial charge in [-0.1, -0.05) is 58.0 Å². The van der Waals surface area contributed by atoms with Gasteiger partial charge in [0.05, 0.1) is 22.9 Å². The van der Waals surface area contributed by atoms with Gasteiger partial charge in [0.25, 0.3) is 0 Å². The number of aromatic amines is 2. The van der Waals surface area contributed by atoms with Crippen molar-refractivity contribution in [3.8, 4) is 22.4 Å². The number of piperidine rings is 2. The molecule has 4 N–H and O–H groups in total. The third-order valence-electron chi connectivity index (χ3n) is 14.6. The van der Waals surface area contributed by atoms with Crippen LogP contribution < -0.4 is 10.6 Å². The molecule has 4 aliphatic rings. The highest BCUT2D eigenvalue weighted by Gasteiger charge is 2.57. The summed E-state index contributed by atoms with van der Waals surface area (Å²) in [5.74, 6) is 3.78. The lowest BCUT2D eigenvalue weighted by atomic mass is 9.93. The van der Waals surface area contributed by atoms with E-state index < -0.39 is 23.2 Å². The van der Waals surface area contributed by atoms with E-state index >= 15 is 0 Å². The molecule has 64 heavy (non-hydrogen) atoms. The highest BCUT2D eigenvalue weighted by molar-refractivity contribution is 5.92. The van der Waals surface area contributed by atoms with E-state index in [4.69, 9.17) is 9.97 Å². The summed E-state index contributed by atoms with van der Waals surface area (Å²) in [6.07, 6.45) is 14.4. The Kier molecular flexibility index (Phi) is 9.73. The second-order valence-corrected chi connectivity index (χ2v) is 19.3. The van der Waals surface area contributed by atoms with E-state index in [-0.39, 0.29) is 23.7 Å². The van der Waals surface area contributed by atoms with Crippen molar-refractivity contribution in [1.82, 2.24) is 49.7 Å². The Hall–Kier alpha value is -6.70. The van der Waals surface area contributed by atoms with Crippen LogP contribution in [0, 0.1) is 23.7 Å². The van der Waals surface area contributed by atoms with Gasteiger partial charge >= 0.3 is 0 Å². The Balaban J connectivity index is 0.829. The number of nitrogens with one attached hydrogen (secondary N) is 4. The molecule has 2 aliphatic carbocycles. The fourth-order valence-corrected chi connectivity index (χ4v) is 11.3. The molecule has 7 aromatic rings. The number of fused-ring (bicyclic) bond motifs is 6. The molecule has 0 radical (unpaired) electrons. The fraction of sp³-hybridized carbons (Fsp3) is 0.400. The number of H-pyrrole nitrogens is 2. The zero-order valence-electron chi connectivity index (χ0n) is 36.8. The van der Waals surface area contributed by atoms with Crippen LogP contribution in [0.1, 0.15) is 77.9 Å². The first kappa shape index (κ1) is 40.1. The molecular formula is C50H54N12O2. The maximum atomic E-state index is 14.4. The van der Waals surface area contributed by atoms with Crippen molar-refractivity contribution in [2.45, 2.75) is 89.4 Å². The van der Waals surface area contributed by atoms with Gasteiger partial charge in [0.2, 0.25) is 23.7 Å². The van der Waals surface area contributed by atoms with Gasteiger partial charge < -0.3 is 30.4 Å². The van der Waals surface area contributed by atoms with Crippen LogP contribution in [-0.4, -0.2) is 86.7 Å². The number of nitrogens with zero attached hydrogens (tertiary/aromatic N) is 8.